The fourth-order valence-corrected chi connectivity index (χ4v) is 2.91. The lowest BCUT2D eigenvalue weighted by Crippen LogP contribution is -2.13. The molecule has 1 unspecified atom stereocenters. The van der Waals surface area contributed by atoms with Crippen molar-refractivity contribution in [3.05, 3.63) is 75.8 Å². The van der Waals surface area contributed by atoms with Crippen LogP contribution in [0.5, 0.6) is 0 Å². The van der Waals surface area contributed by atoms with E-state index in [0.29, 0.717) is 29.2 Å². The number of carbonyl (C=O) groups excluding carboxylic acids is 1. The second-order valence-electron chi connectivity index (χ2n) is 5.55. The molecule has 5 nitrogen and oxygen atoms in total. The van der Waals surface area contributed by atoms with E-state index in [1.165, 1.54) is 12.1 Å². The predicted octanol–water partition coefficient (Wildman–Crippen LogP) is 4.71. The summed E-state index contributed by atoms with van der Waals surface area (Å²) in [4.78, 5) is 23.2. The van der Waals surface area contributed by atoms with Crippen LogP contribution in [0.25, 0.3) is 0 Å². The summed E-state index contributed by atoms with van der Waals surface area (Å²) in [7, 11) is 0. The Morgan fingerprint density at radius 3 is 2.52 bits per heavy atom. The van der Waals surface area contributed by atoms with Crippen molar-refractivity contribution in [2.45, 2.75) is 25.7 Å². The number of carbonyl (C=O) groups is 1. The Hall–Kier alpha value is -2.60. The van der Waals surface area contributed by atoms with Crippen LogP contribution in [-0.2, 0) is 4.74 Å². The molecule has 0 heterocycles. The van der Waals surface area contributed by atoms with Crippen molar-refractivity contribution >= 4 is 28.7 Å². The average molecular weight is 357 g/mol. The van der Waals surface area contributed by atoms with Gasteiger partial charge in [0.2, 0.25) is 0 Å². The van der Waals surface area contributed by atoms with E-state index >= 15 is 0 Å². The fraction of sp³-hybridized carbons (Fsp3) is 0.263. The lowest BCUT2D eigenvalue weighted by Gasteiger charge is -2.17. The number of ether oxygens (including phenoxy) is 1. The molecule has 0 saturated carbocycles. The number of non-ortho nitro benzene ring substituents is 1. The molecule has 0 saturated heterocycles. The number of rotatable bonds is 8. The third-order valence-electron chi connectivity index (χ3n) is 3.80. The highest BCUT2D eigenvalue weighted by molar-refractivity contribution is 7.80. The van der Waals surface area contributed by atoms with Crippen LogP contribution in [0.15, 0.2) is 54.6 Å². The molecule has 1 atom stereocenters. The molecule has 25 heavy (non-hydrogen) atoms. The van der Waals surface area contributed by atoms with E-state index in [1.54, 1.807) is 36.4 Å². The number of ketones is 1. The predicted molar refractivity (Wildman–Crippen MR) is 100 cm³/mol. The highest BCUT2D eigenvalue weighted by atomic mass is 32.1. The van der Waals surface area contributed by atoms with E-state index in [9.17, 15) is 14.9 Å². The number of benzene rings is 2. The second-order valence-corrected chi connectivity index (χ2v) is 6.01. The molecular formula is C19H19NO4S. The lowest BCUT2D eigenvalue weighted by atomic mass is 9.89. The van der Waals surface area contributed by atoms with Crippen LogP contribution < -0.4 is 0 Å². The van der Waals surface area contributed by atoms with Gasteiger partial charge in [0.05, 0.1) is 11.5 Å². The van der Waals surface area contributed by atoms with Crippen LogP contribution in [0, 0.1) is 10.1 Å². The Kier molecular flexibility index (Phi) is 6.77. The van der Waals surface area contributed by atoms with Crippen molar-refractivity contribution in [2.24, 2.45) is 0 Å². The Bertz CT molecular complexity index is 761. The summed E-state index contributed by atoms with van der Waals surface area (Å²) in [6.45, 7) is 2.29. The van der Waals surface area contributed by atoms with Gasteiger partial charge in [-0.2, -0.15) is 0 Å². The molecule has 2 aromatic carbocycles. The largest absolute Gasteiger partial charge is 0.487 e. The van der Waals surface area contributed by atoms with Crippen LogP contribution in [0.3, 0.4) is 0 Å². The maximum absolute atomic E-state index is 12.6. The zero-order valence-corrected chi connectivity index (χ0v) is 14.7. The van der Waals surface area contributed by atoms with Crippen molar-refractivity contribution in [3.63, 3.8) is 0 Å². The smallest absolute Gasteiger partial charge is 0.269 e. The number of hydrogen-bond donors (Lipinski definition) is 0. The van der Waals surface area contributed by atoms with Gasteiger partial charge < -0.3 is 4.74 Å². The van der Waals surface area contributed by atoms with Crippen molar-refractivity contribution < 1.29 is 14.5 Å². The van der Waals surface area contributed by atoms with Gasteiger partial charge in [-0.25, -0.2) is 0 Å². The highest BCUT2D eigenvalue weighted by Crippen LogP contribution is 2.29. The molecule has 0 radical (unpaired) electrons. The van der Waals surface area contributed by atoms with Gasteiger partial charge in [0.15, 0.2) is 10.8 Å². The summed E-state index contributed by atoms with van der Waals surface area (Å²) in [5, 5.41) is 11.4. The highest BCUT2D eigenvalue weighted by Gasteiger charge is 2.21. The average Bonchev–Trinajstić information content (AvgIpc) is 2.62. The summed E-state index contributed by atoms with van der Waals surface area (Å²) < 4.78 is 5.35. The summed E-state index contributed by atoms with van der Waals surface area (Å²) in [5.74, 6) is -0.303. The third-order valence-corrected chi connectivity index (χ3v) is 4.08. The molecule has 0 bridgehead atoms. The normalized spacial score (nSPS) is 11.6. The molecule has 2 aromatic rings. The number of nitrogens with zero attached hydrogens (tertiary/aromatic N) is 1. The van der Waals surface area contributed by atoms with Crippen molar-refractivity contribution in [1.29, 1.82) is 0 Å². The van der Waals surface area contributed by atoms with Crippen LogP contribution in [0.2, 0.25) is 0 Å². The zero-order chi connectivity index (χ0) is 18.2. The summed E-state index contributed by atoms with van der Waals surface area (Å²) in [6.07, 6.45) is 0.571. The number of Topliss-reactive ketones (excluding diaryl/α,β-unsaturated/α-hetero) is 1. The van der Waals surface area contributed by atoms with Gasteiger partial charge in [0, 0.05) is 30.5 Å². The maximum Gasteiger partial charge on any atom is 0.269 e. The second kappa shape index (κ2) is 9.03. The number of nitro groups is 1. The quantitative estimate of drug-likeness (QED) is 0.296. The van der Waals surface area contributed by atoms with E-state index in [-0.39, 0.29) is 23.8 Å². The lowest BCUT2D eigenvalue weighted by molar-refractivity contribution is -0.384. The monoisotopic (exact) mass is 357 g/mol. The molecular weight excluding hydrogens is 338 g/mol. The van der Waals surface area contributed by atoms with Crippen LogP contribution in [0.1, 0.15) is 41.6 Å². The first-order chi connectivity index (χ1) is 12.0. The Morgan fingerprint density at radius 2 is 1.88 bits per heavy atom. The Balaban J connectivity index is 2.26. The standard InChI is InChI=1S/C19H19NO4S/c1-2-24-19(25)13-16(12-18(21)14-7-4-3-5-8-14)15-9-6-10-17(11-15)20(22)23/h3-11,16H,2,12-13H2,1H3. The Labute approximate surface area is 151 Å². The molecule has 0 N–H and O–H groups in total. The molecule has 0 amide bonds. The molecule has 0 aliphatic heterocycles. The van der Waals surface area contributed by atoms with Crippen molar-refractivity contribution in [3.8, 4) is 0 Å². The van der Waals surface area contributed by atoms with Gasteiger partial charge in [-0.15, -0.1) is 0 Å². The van der Waals surface area contributed by atoms with Gasteiger partial charge in [-0.05, 0) is 30.6 Å². The first kappa shape index (κ1) is 18.7. The first-order valence-corrected chi connectivity index (χ1v) is 8.40. The molecule has 6 heteroatoms. The molecule has 0 spiro atoms. The first-order valence-electron chi connectivity index (χ1n) is 7.99. The molecule has 0 aromatic heterocycles. The van der Waals surface area contributed by atoms with Crippen molar-refractivity contribution in [1.82, 2.24) is 0 Å². The minimum Gasteiger partial charge on any atom is -0.487 e. The van der Waals surface area contributed by atoms with Gasteiger partial charge in [-0.3, -0.25) is 14.9 Å². The van der Waals surface area contributed by atoms with E-state index in [1.807, 2.05) is 13.0 Å². The molecule has 0 fully saturated rings. The van der Waals surface area contributed by atoms with Gasteiger partial charge in [0.25, 0.3) is 5.69 Å². The fourth-order valence-electron chi connectivity index (χ4n) is 2.59. The summed E-state index contributed by atoms with van der Waals surface area (Å²) in [5.41, 5.74) is 1.32. The van der Waals surface area contributed by atoms with E-state index < -0.39 is 4.92 Å². The summed E-state index contributed by atoms with van der Waals surface area (Å²) in [6, 6.07) is 15.3. The van der Waals surface area contributed by atoms with Crippen molar-refractivity contribution in [2.75, 3.05) is 6.61 Å². The van der Waals surface area contributed by atoms with E-state index in [4.69, 9.17) is 17.0 Å². The van der Waals surface area contributed by atoms with Crippen LogP contribution >= 0.6 is 12.2 Å². The van der Waals surface area contributed by atoms with Gasteiger partial charge in [-0.1, -0.05) is 42.5 Å². The molecule has 0 aliphatic carbocycles. The number of nitro benzene ring substituents is 1. The van der Waals surface area contributed by atoms with Crippen LogP contribution in [0.4, 0.5) is 5.69 Å². The minimum atomic E-state index is -0.444. The maximum atomic E-state index is 12.6. The SMILES string of the molecule is CCOC(=S)CC(CC(=O)c1ccccc1)c1cccc([N+](=O)[O-])c1. The van der Waals surface area contributed by atoms with E-state index in [2.05, 4.69) is 0 Å². The van der Waals surface area contributed by atoms with E-state index in [0.717, 1.165) is 0 Å². The molecule has 130 valence electrons. The minimum absolute atomic E-state index is 0.00279. The molecule has 0 aliphatic rings. The third kappa shape index (κ3) is 5.46. The Morgan fingerprint density at radius 1 is 1.16 bits per heavy atom. The van der Waals surface area contributed by atoms with Gasteiger partial charge in [0.1, 0.15) is 0 Å². The number of thiocarbonyl (C=S) groups is 1. The topological polar surface area (TPSA) is 69.4 Å². The van der Waals surface area contributed by atoms with Gasteiger partial charge >= 0.3 is 0 Å². The summed E-state index contributed by atoms with van der Waals surface area (Å²) >= 11 is 5.22. The van der Waals surface area contributed by atoms with Crippen LogP contribution in [-0.4, -0.2) is 22.4 Å². The molecule has 2 rings (SSSR count). The number of hydrogen-bond acceptors (Lipinski definition) is 5. The zero-order valence-electron chi connectivity index (χ0n) is 13.9.